The van der Waals surface area contributed by atoms with Gasteiger partial charge in [0, 0.05) is 17.0 Å². The molecule has 2 aromatic carbocycles. The summed E-state index contributed by atoms with van der Waals surface area (Å²) in [5, 5.41) is 14.8. The first kappa shape index (κ1) is 15.6. The van der Waals surface area contributed by atoms with Crippen molar-refractivity contribution in [2.24, 2.45) is 0 Å². The third-order valence-corrected chi connectivity index (χ3v) is 5.25. The molecule has 6 nitrogen and oxygen atoms in total. The molecule has 1 aliphatic rings. The van der Waals surface area contributed by atoms with Crippen LogP contribution in [0.25, 0.3) is 16.3 Å². The lowest BCUT2D eigenvalue weighted by Crippen LogP contribution is -2.15. The zero-order valence-electron chi connectivity index (χ0n) is 13.6. The SMILES string of the molecule is Clc1ccc(-c2nnc3sc(Cc4ccc5c(c4)OCCO5)nn23)cc1. The molecule has 0 atom stereocenters. The summed E-state index contributed by atoms with van der Waals surface area (Å²) >= 11 is 7.49. The van der Waals surface area contributed by atoms with Crippen molar-refractivity contribution in [3.8, 4) is 22.9 Å². The molecule has 130 valence electrons. The second-order valence-corrected chi connectivity index (χ2v) is 7.35. The number of nitrogens with zero attached hydrogens (tertiary/aromatic N) is 4. The number of rotatable bonds is 3. The van der Waals surface area contributed by atoms with Gasteiger partial charge >= 0.3 is 0 Å². The van der Waals surface area contributed by atoms with Gasteiger partial charge in [-0.3, -0.25) is 0 Å². The van der Waals surface area contributed by atoms with Crippen molar-refractivity contribution in [1.29, 1.82) is 0 Å². The van der Waals surface area contributed by atoms with Gasteiger partial charge in [-0.05, 0) is 42.0 Å². The fourth-order valence-electron chi connectivity index (χ4n) is 2.88. The van der Waals surface area contributed by atoms with Crippen molar-refractivity contribution >= 4 is 27.9 Å². The molecule has 0 saturated heterocycles. The summed E-state index contributed by atoms with van der Waals surface area (Å²) in [6.45, 7) is 1.17. The Bertz CT molecular complexity index is 1090. The Morgan fingerprint density at radius 3 is 2.65 bits per heavy atom. The fraction of sp³-hybridized carbons (Fsp3) is 0.167. The molecule has 0 N–H and O–H groups in total. The first-order chi connectivity index (χ1) is 12.8. The van der Waals surface area contributed by atoms with E-state index >= 15 is 0 Å². The summed E-state index contributed by atoms with van der Waals surface area (Å²) < 4.78 is 13.0. The van der Waals surface area contributed by atoms with Gasteiger partial charge in [0.15, 0.2) is 17.3 Å². The zero-order chi connectivity index (χ0) is 17.5. The van der Waals surface area contributed by atoms with Crippen molar-refractivity contribution in [2.75, 3.05) is 13.2 Å². The summed E-state index contributed by atoms with van der Waals surface area (Å²) in [5.74, 6) is 2.29. The molecule has 3 heterocycles. The van der Waals surface area contributed by atoms with Crippen LogP contribution >= 0.6 is 22.9 Å². The highest BCUT2D eigenvalue weighted by molar-refractivity contribution is 7.16. The lowest BCUT2D eigenvalue weighted by Gasteiger charge is -2.18. The normalized spacial score (nSPS) is 13.3. The number of benzene rings is 2. The Kier molecular flexibility index (Phi) is 3.76. The summed E-state index contributed by atoms with van der Waals surface area (Å²) in [4.78, 5) is 0.766. The number of hydrogen-bond acceptors (Lipinski definition) is 6. The van der Waals surface area contributed by atoms with Crippen molar-refractivity contribution in [2.45, 2.75) is 6.42 Å². The number of halogens is 1. The van der Waals surface area contributed by atoms with Crippen molar-refractivity contribution < 1.29 is 9.47 Å². The van der Waals surface area contributed by atoms with Gasteiger partial charge in [0.2, 0.25) is 4.96 Å². The molecule has 1 aliphatic heterocycles. The second kappa shape index (κ2) is 6.26. The van der Waals surface area contributed by atoms with Gasteiger partial charge in [-0.1, -0.05) is 29.0 Å². The van der Waals surface area contributed by atoms with Crippen LogP contribution in [0.3, 0.4) is 0 Å². The summed E-state index contributed by atoms with van der Waals surface area (Å²) in [7, 11) is 0. The van der Waals surface area contributed by atoms with Gasteiger partial charge in [-0.15, -0.1) is 10.2 Å². The van der Waals surface area contributed by atoms with E-state index < -0.39 is 0 Å². The lowest BCUT2D eigenvalue weighted by atomic mass is 10.1. The highest BCUT2D eigenvalue weighted by atomic mass is 35.5. The van der Waals surface area contributed by atoms with Crippen molar-refractivity contribution in [1.82, 2.24) is 19.8 Å². The molecule has 0 fully saturated rings. The second-order valence-electron chi connectivity index (χ2n) is 5.88. The van der Waals surface area contributed by atoms with E-state index in [2.05, 4.69) is 15.3 Å². The van der Waals surface area contributed by atoms with E-state index in [1.54, 1.807) is 4.52 Å². The van der Waals surface area contributed by atoms with E-state index in [4.69, 9.17) is 21.1 Å². The van der Waals surface area contributed by atoms with Crippen LogP contribution in [0, 0.1) is 0 Å². The van der Waals surface area contributed by atoms with Crippen LogP contribution < -0.4 is 9.47 Å². The summed E-state index contributed by atoms with van der Waals surface area (Å²) in [6.07, 6.45) is 0.699. The smallest absolute Gasteiger partial charge is 0.234 e. The van der Waals surface area contributed by atoms with Crippen LogP contribution in [0.15, 0.2) is 42.5 Å². The molecule has 26 heavy (non-hydrogen) atoms. The topological polar surface area (TPSA) is 61.5 Å². The predicted molar refractivity (Wildman–Crippen MR) is 99.3 cm³/mol. The molecule has 0 unspecified atom stereocenters. The van der Waals surface area contributed by atoms with Crippen LogP contribution in [0.1, 0.15) is 10.6 Å². The van der Waals surface area contributed by atoms with Gasteiger partial charge in [0.05, 0.1) is 0 Å². The summed E-state index contributed by atoms with van der Waals surface area (Å²) in [6, 6.07) is 13.5. The van der Waals surface area contributed by atoms with Gasteiger partial charge in [0.1, 0.15) is 18.2 Å². The minimum absolute atomic E-state index is 0.581. The molecule has 8 heteroatoms. The zero-order valence-corrected chi connectivity index (χ0v) is 15.1. The highest BCUT2D eigenvalue weighted by Gasteiger charge is 2.16. The third kappa shape index (κ3) is 2.79. The fourth-order valence-corrected chi connectivity index (χ4v) is 3.87. The van der Waals surface area contributed by atoms with Gasteiger partial charge in [-0.25, -0.2) is 0 Å². The van der Waals surface area contributed by atoms with E-state index in [0.29, 0.717) is 30.5 Å². The summed E-state index contributed by atoms with van der Waals surface area (Å²) in [5.41, 5.74) is 2.05. The molecule has 0 radical (unpaired) electrons. The molecule has 0 aliphatic carbocycles. The van der Waals surface area contributed by atoms with Gasteiger partial charge in [0.25, 0.3) is 0 Å². The molecule has 4 aromatic rings. The number of aromatic nitrogens is 4. The van der Waals surface area contributed by atoms with Crippen LogP contribution in [0.4, 0.5) is 0 Å². The van der Waals surface area contributed by atoms with Gasteiger partial charge in [-0.2, -0.15) is 9.61 Å². The van der Waals surface area contributed by atoms with Crippen molar-refractivity contribution in [3.05, 3.63) is 58.1 Å². The first-order valence-corrected chi connectivity index (χ1v) is 9.31. The molecular formula is C18H13ClN4O2S. The van der Waals surface area contributed by atoms with E-state index in [-0.39, 0.29) is 0 Å². The standard InChI is InChI=1S/C18H13ClN4O2S/c19-13-4-2-12(3-5-13)17-20-21-18-23(17)22-16(26-18)10-11-1-6-14-15(9-11)25-8-7-24-14/h1-6,9H,7-8,10H2. The van der Waals surface area contributed by atoms with Crippen LogP contribution in [-0.4, -0.2) is 33.0 Å². The molecule has 0 amide bonds. The third-order valence-electron chi connectivity index (χ3n) is 4.10. The minimum Gasteiger partial charge on any atom is -0.486 e. The highest BCUT2D eigenvalue weighted by Crippen LogP contribution is 2.32. The van der Waals surface area contributed by atoms with Gasteiger partial charge < -0.3 is 9.47 Å². The largest absolute Gasteiger partial charge is 0.486 e. The maximum atomic E-state index is 5.96. The Hall–Kier alpha value is -2.64. The number of ether oxygens (including phenoxy) is 2. The molecule has 0 spiro atoms. The maximum absolute atomic E-state index is 5.96. The number of fused-ring (bicyclic) bond motifs is 2. The molecule has 0 saturated carbocycles. The van der Waals surface area contributed by atoms with E-state index in [9.17, 15) is 0 Å². The van der Waals surface area contributed by atoms with E-state index in [1.165, 1.54) is 11.3 Å². The average Bonchev–Trinajstić information content (AvgIpc) is 3.22. The van der Waals surface area contributed by atoms with Crippen LogP contribution in [0.2, 0.25) is 5.02 Å². The van der Waals surface area contributed by atoms with E-state index in [1.807, 2.05) is 42.5 Å². The first-order valence-electron chi connectivity index (χ1n) is 8.12. The van der Waals surface area contributed by atoms with Crippen LogP contribution in [0.5, 0.6) is 11.5 Å². The Labute approximate surface area is 158 Å². The molecule has 5 rings (SSSR count). The molecular weight excluding hydrogens is 372 g/mol. The van der Waals surface area contributed by atoms with E-state index in [0.717, 1.165) is 32.6 Å². The lowest BCUT2D eigenvalue weighted by molar-refractivity contribution is 0.171. The monoisotopic (exact) mass is 384 g/mol. The number of hydrogen-bond donors (Lipinski definition) is 0. The molecule has 0 bridgehead atoms. The Morgan fingerprint density at radius 2 is 1.81 bits per heavy atom. The van der Waals surface area contributed by atoms with Crippen molar-refractivity contribution in [3.63, 3.8) is 0 Å². The molecule has 2 aromatic heterocycles. The maximum Gasteiger partial charge on any atom is 0.234 e. The quantitative estimate of drug-likeness (QED) is 0.536. The Balaban J connectivity index is 1.46. The minimum atomic E-state index is 0.581. The average molecular weight is 385 g/mol. The predicted octanol–water partition coefficient (Wildman–Crippen LogP) is 3.87. The van der Waals surface area contributed by atoms with Crippen LogP contribution in [-0.2, 0) is 6.42 Å². The Morgan fingerprint density at radius 1 is 1.00 bits per heavy atom.